The van der Waals surface area contributed by atoms with E-state index in [0.717, 1.165) is 6.54 Å². The predicted octanol–water partition coefficient (Wildman–Crippen LogP) is 5.31. The van der Waals surface area contributed by atoms with Gasteiger partial charge in [0.15, 0.2) is 0 Å². The van der Waals surface area contributed by atoms with Crippen LogP contribution in [0.4, 0.5) is 0 Å². The molecule has 1 aliphatic carbocycles. The molecule has 1 aliphatic rings. The van der Waals surface area contributed by atoms with Crippen LogP contribution in [0.25, 0.3) is 0 Å². The van der Waals surface area contributed by atoms with Crippen LogP contribution in [0.3, 0.4) is 0 Å². The van der Waals surface area contributed by atoms with Crippen molar-refractivity contribution in [1.82, 2.24) is 10.3 Å². The molecule has 0 radical (unpaired) electrons. The summed E-state index contributed by atoms with van der Waals surface area (Å²) in [5.41, 5.74) is 2.01. The molecule has 120 valence electrons. The Morgan fingerprint density at radius 2 is 1.71 bits per heavy atom. The molecule has 1 aromatic rings. The fraction of sp³-hybridized carbons (Fsp3) is 0.833. The van der Waals surface area contributed by atoms with Gasteiger partial charge in [0.05, 0.1) is 11.2 Å². The number of thiazole rings is 1. The SMILES string of the molecule is CCNC1(c2nc(C(C)C)cs2)CC(C)(C)CC(C)(C)C1. The lowest BCUT2D eigenvalue weighted by atomic mass is 9.58. The Morgan fingerprint density at radius 3 is 2.14 bits per heavy atom. The van der Waals surface area contributed by atoms with Gasteiger partial charge in [0, 0.05) is 5.38 Å². The highest BCUT2D eigenvalue weighted by Gasteiger charge is 2.49. The van der Waals surface area contributed by atoms with E-state index >= 15 is 0 Å². The summed E-state index contributed by atoms with van der Waals surface area (Å²) < 4.78 is 0. The van der Waals surface area contributed by atoms with Crippen molar-refractivity contribution >= 4 is 11.3 Å². The molecule has 3 heteroatoms. The largest absolute Gasteiger partial charge is 0.306 e. The van der Waals surface area contributed by atoms with Gasteiger partial charge in [-0.15, -0.1) is 11.3 Å². The maximum absolute atomic E-state index is 5.01. The van der Waals surface area contributed by atoms with E-state index in [2.05, 4.69) is 59.2 Å². The molecule has 0 bridgehead atoms. The topological polar surface area (TPSA) is 24.9 Å². The van der Waals surface area contributed by atoms with Crippen molar-refractivity contribution in [2.24, 2.45) is 10.8 Å². The Morgan fingerprint density at radius 1 is 1.14 bits per heavy atom. The summed E-state index contributed by atoms with van der Waals surface area (Å²) in [5, 5.41) is 7.38. The molecule has 0 unspecified atom stereocenters. The number of nitrogens with zero attached hydrogens (tertiary/aromatic N) is 1. The van der Waals surface area contributed by atoms with Crippen molar-refractivity contribution < 1.29 is 0 Å². The zero-order valence-corrected chi connectivity index (χ0v) is 15.7. The average molecular weight is 309 g/mol. The molecule has 0 atom stereocenters. The van der Waals surface area contributed by atoms with Gasteiger partial charge in [-0.25, -0.2) is 4.98 Å². The monoisotopic (exact) mass is 308 g/mol. The summed E-state index contributed by atoms with van der Waals surface area (Å²) in [4.78, 5) is 5.01. The first-order valence-corrected chi connectivity index (χ1v) is 9.18. The second-order valence-electron chi connectivity index (χ2n) is 8.70. The van der Waals surface area contributed by atoms with Gasteiger partial charge < -0.3 is 5.32 Å². The molecule has 1 fully saturated rings. The van der Waals surface area contributed by atoms with E-state index in [1.165, 1.54) is 30.0 Å². The van der Waals surface area contributed by atoms with E-state index in [1.54, 1.807) is 0 Å². The molecule has 2 nitrogen and oxygen atoms in total. The van der Waals surface area contributed by atoms with Crippen molar-refractivity contribution in [2.75, 3.05) is 6.54 Å². The molecule has 1 saturated carbocycles. The first kappa shape index (κ1) is 17.0. The molecule has 21 heavy (non-hydrogen) atoms. The van der Waals surface area contributed by atoms with Gasteiger partial charge in [0.1, 0.15) is 5.01 Å². The van der Waals surface area contributed by atoms with Gasteiger partial charge in [-0.2, -0.15) is 0 Å². The molecule has 1 heterocycles. The lowest BCUT2D eigenvalue weighted by Crippen LogP contribution is -2.52. The van der Waals surface area contributed by atoms with Gasteiger partial charge in [-0.3, -0.25) is 0 Å². The van der Waals surface area contributed by atoms with E-state index in [9.17, 15) is 0 Å². The molecule has 0 amide bonds. The van der Waals surface area contributed by atoms with Crippen LogP contribution in [0.15, 0.2) is 5.38 Å². The van der Waals surface area contributed by atoms with Crippen LogP contribution in [0, 0.1) is 10.8 Å². The summed E-state index contributed by atoms with van der Waals surface area (Å²) >= 11 is 1.85. The second kappa shape index (κ2) is 5.66. The Kier molecular flexibility index (Phi) is 4.57. The minimum absolute atomic E-state index is 0.0534. The van der Waals surface area contributed by atoms with Gasteiger partial charge in [0.25, 0.3) is 0 Å². The summed E-state index contributed by atoms with van der Waals surface area (Å²) in [6, 6.07) is 0. The second-order valence-corrected chi connectivity index (χ2v) is 9.56. The van der Waals surface area contributed by atoms with Gasteiger partial charge >= 0.3 is 0 Å². The summed E-state index contributed by atoms with van der Waals surface area (Å²) in [5.74, 6) is 0.512. The summed E-state index contributed by atoms with van der Waals surface area (Å²) in [6.45, 7) is 17.3. The third-order valence-electron chi connectivity index (χ3n) is 4.56. The minimum atomic E-state index is 0.0534. The van der Waals surface area contributed by atoms with Crippen LogP contribution in [-0.4, -0.2) is 11.5 Å². The Hall–Kier alpha value is -0.410. The maximum Gasteiger partial charge on any atom is 0.113 e. The third-order valence-corrected chi connectivity index (χ3v) is 5.62. The van der Waals surface area contributed by atoms with Gasteiger partial charge in [-0.05, 0) is 42.6 Å². The summed E-state index contributed by atoms with van der Waals surface area (Å²) in [6.07, 6.45) is 3.65. The number of rotatable bonds is 4. The zero-order chi connectivity index (χ0) is 15.9. The molecule has 0 aliphatic heterocycles. The highest BCUT2D eigenvalue weighted by Crippen LogP contribution is 2.54. The molecule has 0 spiro atoms. The quantitative estimate of drug-likeness (QED) is 0.815. The average Bonchev–Trinajstić information content (AvgIpc) is 2.74. The molecule has 1 N–H and O–H groups in total. The van der Waals surface area contributed by atoms with Crippen molar-refractivity contribution in [3.8, 4) is 0 Å². The lowest BCUT2D eigenvalue weighted by Gasteiger charge is -2.51. The van der Waals surface area contributed by atoms with Crippen LogP contribution >= 0.6 is 11.3 Å². The van der Waals surface area contributed by atoms with Crippen molar-refractivity contribution in [2.45, 2.75) is 79.2 Å². The maximum atomic E-state index is 5.01. The van der Waals surface area contributed by atoms with Crippen molar-refractivity contribution in [3.63, 3.8) is 0 Å². The molecule has 2 rings (SSSR count). The molecule has 0 saturated heterocycles. The first-order chi connectivity index (χ1) is 9.59. The van der Waals surface area contributed by atoms with E-state index < -0.39 is 0 Å². The number of hydrogen-bond donors (Lipinski definition) is 1. The fourth-order valence-corrected chi connectivity index (χ4v) is 5.74. The van der Waals surface area contributed by atoms with Crippen LogP contribution in [0.2, 0.25) is 0 Å². The van der Waals surface area contributed by atoms with E-state index in [1.807, 2.05) is 11.3 Å². The highest BCUT2D eigenvalue weighted by molar-refractivity contribution is 7.09. The highest BCUT2D eigenvalue weighted by atomic mass is 32.1. The van der Waals surface area contributed by atoms with Crippen molar-refractivity contribution in [1.29, 1.82) is 0 Å². The van der Waals surface area contributed by atoms with E-state index in [-0.39, 0.29) is 5.54 Å². The first-order valence-electron chi connectivity index (χ1n) is 8.30. The Labute approximate surface area is 134 Å². The normalized spacial score (nSPS) is 23.4. The van der Waals surface area contributed by atoms with E-state index in [0.29, 0.717) is 16.7 Å². The Bertz CT molecular complexity index is 469. The Balaban J connectivity index is 2.43. The van der Waals surface area contributed by atoms with Crippen LogP contribution in [-0.2, 0) is 5.54 Å². The minimum Gasteiger partial charge on any atom is -0.306 e. The van der Waals surface area contributed by atoms with Crippen molar-refractivity contribution in [3.05, 3.63) is 16.1 Å². The van der Waals surface area contributed by atoms with E-state index in [4.69, 9.17) is 4.98 Å². The van der Waals surface area contributed by atoms with Gasteiger partial charge in [-0.1, -0.05) is 48.5 Å². The third kappa shape index (κ3) is 3.68. The number of nitrogens with one attached hydrogen (secondary N) is 1. The fourth-order valence-electron chi connectivity index (χ4n) is 4.58. The predicted molar refractivity (Wildman–Crippen MR) is 93.0 cm³/mol. The van der Waals surface area contributed by atoms with Crippen LogP contribution < -0.4 is 5.32 Å². The van der Waals surface area contributed by atoms with Crippen LogP contribution in [0.5, 0.6) is 0 Å². The summed E-state index contributed by atoms with van der Waals surface area (Å²) in [7, 11) is 0. The number of hydrogen-bond acceptors (Lipinski definition) is 3. The standard InChI is InChI=1S/C18H32N2S/c1-8-19-18(15-20-14(9-21-15)13(2)3)11-16(4,5)10-17(6,7)12-18/h9,13,19H,8,10-12H2,1-7H3. The molecular formula is C18H32N2S. The lowest BCUT2D eigenvalue weighted by molar-refractivity contribution is 0.0267. The molecule has 0 aromatic carbocycles. The smallest absolute Gasteiger partial charge is 0.113 e. The number of aromatic nitrogens is 1. The van der Waals surface area contributed by atoms with Gasteiger partial charge in [0.2, 0.25) is 0 Å². The molecule has 1 aromatic heterocycles. The molecular weight excluding hydrogens is 276 g/mol. The van der Waals surface area contributed by atoms with Crippen LogP contribution in [0.1, 0.15) is 84.3 Å². The zero-order valence-electron chi connectivity index (χ0n) is 14.8.